The molecule has 0 radical (unpaired) electrons. The van der Waals surface area contributed by atoms with Crippen LogP contribution in [-0.4, -0.2) is 11.7 Å². The van der Waals surface area contributed by atoms with Gasteiger partial charge in [-0.15, -0.1) is 0 Å². The standard InChI is InChI=1S/C22H13ClF2N2O/c23-16-5-11-19(12-6-16)27-21(15-3-9-18(25)10-4-15)26-20(22(27)28)13-14-1-7-17(24)8-2-14/h1-13H/b20-13+. The number of carbonyl (C=O) groups excluding carboxylic acids is 1. The number of anilines is 1. The van der Waals surface area contributed by atoms with E-state index in [4.69, 9.17) is 11.6 Å². The maximum Gasteiger partial charge on any atom is 0.282 e. The third kappa shape index (κ3) is 3.57. The summed E-state index contributed by atoms with van der Waals surface area (Å²) in [6.45, 7) is 0. The van der Waals surface area contributed by atoms with Crippen molar-refractivity contribution < 1.29 is 13.6 Å². The Morgan fingerprint density at radius 3 is 2.00 bits per heavy atom. The summed E-state index contributed by atoms with van der Waals surface area (Å²) in [6.07, 6.45) is 1.58. The second kappa shape index (κ2) is 7.37. The first-order valence-corrected chi connectivity index (χ1v) is 8.81. The van der Waals surface area contributed by atoms with Crippen molar-refractivity contribution in [2.45, 2.75) is 0 Å². The number of halogens is 3. The molecular formula is C22H13ClF2N2O. The molecule has 0 bridgehead atoms. The van der Waals surface area contributed by atoms with Crippen LogP contribution in [0.5, 0.6) is 0 Å². The number of amides is 1. The van der Waals surface area contributed by atoms with Gasteiger partial charge in [0.15, 0.2) is 0 Å². The molecule has 0 aromatic heterocycles. The minimum absolute atomic E-state index is 0.195. The van der Waals surface area contributed by atoms with E-state index >= 15 is 0 Å². The lowest BCUT2D eigenvalue weighted by molar-refractivity contribution is -0.113. The van der Waals surface area contributed by atoms with E-state index < -0.39 is 0 Å². The fourth-order valence-corrected chi connectivity index (χ4v) is 2.98. The average Bonchev–Trinajstić information content (AvgIpc) is 3.01. The van der Waals surface area contributed by atoms with Gasteiger partial charge in [-0.2, -0.15) is 0 Å². The van der Waals surface area contributed by atoms with Crippen molar-refractivity contribution in [2.75, 3.05) is 4.90 Å². The van der Waals surface area contributed by atoms with E-state index in [0.29, 0.717) is 27.7 Å². The Bertz CT molecular complexity index is 1090. The molecule has 0 saturated heterocycles. The molecule has 3 aromatic rings. The Morgan fingerprint density at radius 2 is 1.39 bits per heavy atom. The van der Waals surface area contributed by atoms with E-state index in [1.54, 1.807) is 54.6 Å². The molecule has 0 unspecified atom stereocenters. The number of hydrogen-bond acceptors (Lipinski definition) is 2. The Balaban J connectivity index is 1.81. The fourth-order valence-electron chi connectivity index (χ4n) is 2.86. The molecule has 1 heterocycles. The number of amidine groups is 1. The number of rotatable bonds is 3. The van der Waals surface area contributed by atoms with Crippen LogP contribution in [0.2, 0.25) is 5.02 Å². The van der Waals surface area contributed by atoms with Gasteiger partial charge in [-0.3, -0.25) is 9.69 Å². The highest BCUT2D eigenvalue weighted by Crippen LogP contribution is 2.29. The molecule has 0 saturated carbocycles. The van der Waals surface area contributed by atoms with Gasteiger partial charge in [-0.25, -0.2) is 13.8 Å². The average molecular weight is 395 g/mol. The fraction of sp³-hybridized carbons (Fsp3) is 0. The smallest absolute Gasteiger partial charge is 0.266 e. The Kier molecular flexibility index (Phi) is 4.75. The topological polar surface area (TPSA) is 32.7 Å². The van der Waals surface area contributed by atoms with Gasteiger partial charge in [0.2, 0.25) is 0 Å². The van der Waals surface area contributed by atoms with Crippen LogP contribution < -0.4 is 4.90 Å². The lowest BCUT2D eigenvalue weighted by Gasteiger charge is -2.18. The molecule has 28 heavy (non-hydrogen) atoms. The molecule has 0 atom stereocenters. The number of nitrogens with zero attached hydrogens (tertiary/aromatic N) is 2. The molecular weight excluding hydrogens is 382 g/mol. The van der Waals surface area contributed by atoms with Crippen molar-refractivity contribution in [3.05, 3.63) is 106 Å². The van der Waals surface area contributed by atoms with Gasteiger partial charge in [-0.1, -0.05) is 23.7 Å². The predicted molar refractivity (Wildman–Crippen MR) is 106 cm³/mol. The highest BCUT2D eigenvalue weighted by atomic mass is 35.5. The second-order valence-corrected chi connectivity index (χ2v) is 6.58. The minimum atomic E-state index is -0.381. The van der Waals surface area contributed by atoms with Crippen LogP contribution in [0.3, 0.4) is 0 Å². The number of aliphatic imine (C=N–C) groups is 1. The Hall–Kier alpha value is -3.31. The molecule has 4 rings (SSSR count). The zero-order valence-corrected chi connectivity index (χ0v) is 15.2. The van der Waals surface area contributed by atoms with Crippen LogP contribution in [0, 0.1) is 11.6 Å². The largest absolute Gasteiger partial charge is 0.282 e. The quantitative estimate of drug-likeness (QED) is 0.543. The normalized spacial score (nSPS) is 15.2. The first-order valence-electron chi connectivity index (χ1n) is 8.43. The van der Waals surface area contributed by atoms with Gasteiger partial charge >= 0.3 is 0 Å². The first-order chi connectivity index (χ1) is 13.5. The predicted octanol–water partition coefficient (Wildman–Crippen LogP) is 5.45. The van der Waals surface area contributed by atoms with Crippen molar-refractivity contribution in [2.24, 2.45) is 4.99 Å². The third-order valence-electron chi connectivity index (χ3n) is 4.22. The van der Waals surface area contributed by atoms with Gasteiger partial charge in [0.1, 0.15) is 23.2 Å². The molecule has 138 valence electrons. The molecule has 0 spiro atoms. The number of benzene rings is 3. The summed E-state index contributed by atoms with van der Waals surface area (Å²) < 4.78 is 26.5. The molecule has 6 heteroatoms. The van der Waals surface area contributed by atoms with Gasteiger partial charge in [0.25, 0.3) is 5.91 Å². The maximum absolute atomic E-state index is 13.3. The van der Waals surface area contributed by atoms with E-state index in [1.807, 2.05) is 0 Å². The third-order valence-corrected chi connectivity index (χ3v) is 4.47. The highest BCUT2D eigenvalue weighted by molar-refractivity contribution is 6.33. The zero-order chi connectivity index (χ0) is 19.7. The van der Waals surface area contributed by atoms with Gasteiger partial charge in [0.05, 0.1) is 5.69 Å². The van der Waals surface area contributed by atoms with Crippen LogP contribution in [-0.2, 0) is 4.79 Å². The van der Waals surface area contributed by atoms with Crippen molar-refractivity contribution in [3.63, 3.8) is 0 Å². The summed E-state index contributed by atoms with van der Waals surface area (Å²) >= 11 is 5.96. The number of hydrogen-bond donors (Lipinski definition) is 0. The summed E-state index contributed by atoms with van der Waals surface area (Å²) in [5.41, 5.74) is 2.01. The summed E-state index contributed by atoms with van der Waals surface area (Å²) in [5, 5.41) is 0.540. The van der Waals surface area contributed by atoms with Gasteiger partial charge < -0.3 is 0 Å². The second-order valence-electron chi connectivity index (χ2n) is 6.14. The molecule has 1 aliphatic rings. The molecule has 1 aliphatic heterocycles. The molecule has 3 nitrogen and oxygen atoms in total. The first kappa shape index (κ1) is 18.1. The van der Waals surface area contributed by atoms with Crippen molar-refractivity contribution in [1.82, 2.24) is 0 Å². The van der Waals surface area contributed by atoms with Crippen LogP contribution in [0.1, 0.15) is 11.1 Å². The SMILES string of the molecule is O=C1/C(=C\c2ccc(F)cc2)N=C(c2ccc(F)cc2)N1c1ccc(Cl)cc1. The summed E-state index contributed by atoms with van der Waals surface area (Å²) in [6, 6.07) is 18.3. The van der Waals surface area contributed by atoms with Crippen molar-refractivity contribution >= 4 is 35.1 Å². The summed E-state index contributed by atoms with van der Waals surface area (Å²) in [5.74, 6) is -0.710. The van der Waals surface area contributed by atoms with Crippen LogP contribution in [0.15, 0.2) is 83.5 Å². The lowest BCUT2D eigenvalue weighted by atomic mass is 10.1. The van der Waals surface area contributed by atoms with E-state index in [9.17, 15) is 13.6 Å². The summed E-state index contributed by atoms with van der Waals surface area (Å²) in [4.78, 5) is 19.0. The van der Waals surface area contributed by atoms with Crippen LogP contribution in [0.25, 0.3) is 6.08 Å². The lowest BCUT2D eigenvalue weighted by Crippen LogP contribution is -2.32. The van der Waals surface area contributed by atoms with Gasteiger partial charge in [0, 0.05) is 10.6 Å². The van der Waals surface area contributed by atoms with Crippen LogP contribution in [0.4, 0.5) is 14.5 Å². The molecule has 0 aliphatic carbocycles. The van der Waals surface area contributed by atoms with Crippen molar-refractivity contribution in [3.8, 4) is 0 Å². The van der Waals surface area contributed by atoms with E-state index in [2.05, 4.69) is 4.99 Å². The van der Waals surface area contributed by atoms with E-state index in [-0.39, 0.29) is 23.2 Å². The highest BCUT2D eigenvalue weighted by Gasteiger charge is 2.32. The van der Waals surface area contributed by atoms with E-state index in [1.165, 1.54) is 29.2 Å². The van der Waals surface area contributed by atoms with E-state index in [0.717, 1.165) is 0 Å². The molecule has 1 amide bonds. The maximum atomic E-state index is 13.3. The van der Waals surface area contributed by atoms with Crippen LogP contribution >= 0.6 is 11.6 Å². The summed E-state index contributed by atoms with van der Waals surface area (Å²) in [7, 11) is 0. The minimum Gasteiger partial charge on any atom is -0.266 e. The zero-order valence-electron chi connectivity index (χ0n) is 14.4. The number of carbonyl (C=O) groups is 1. The Morgan fingerprint density at radius 1 is 0.821 bits per heavy atom. The Labute approximate surface area is 165 Å². The molecule has 0 N–H and O–H groups in total. The molecule has 0 fully saturated rings. The molecule has 3 aromatic carbocycles. The van der Waals surface area contributed by atoms with Crippen molar-refractivity contribution in [1.29, 1.82) is 0 Å². The monoisotopic (exact) mass is 394 g/mol. The van der Waals surface area contributed by atoms with Gasteiger partial charge in [-0.05, 0) is 72.3 Å².